The lowest BCUT2D eigenvalue weighted by molar-refractivity contribution is -0.121. The van der Waals surface area contributed by atoms with E-state index in [4.69, 9.17) is 18.9 Å². The van der Waals surface area contributed by atoms with Crippen LogP contribution in [0.3, 0.4) is 0 Å². The van der Waals surface area contributed by atoms with E-state index in [-0.39, 0.29) is 51.3 Å². The Kier molecular flexibility index (Phi) is 8.11. The number of hydrogen-bond acceptors (Lipinski definition) is 10. The highest BCUT2D eigenvalue weighted by Crippen LogP contribution is 2.50. The van der Waals surface area contributed by atoms with Gasteiger partial charge in [-0.1, -0.05) is 18.2 Å². The molecule has 2 amide bonds. The molecular weight excluding hydrogens is 588 g/mol. The van der Waals surface area contributed by atoms with Crippen LogP contribution in [0.4, 0.5) is 10.5 Å². The van der Waals surface area contributed by atoms with Crippen LogP contribution in [0.15, 0.2) is 90.0 Å². The first-order chi connectivity index (χ1) is 21.2. The summed E-state index contributed by atoms with van der Waals surface area (Å²) in [6.45, 7) is 1.84. The molecule has 1 atom stereocenters. The molecule has 0 radical (unpaired) electrons. The Bertz CT molecular complexity index is 1890. The van der Waals surface area contributed by atoms with Gasteiger partial charge < -0.3 is 18.9 Å². The number of pyridine rings is 1. The molecule has 44 heavy (non-hydrogen) atoms. The lowest BCUT2D eigenvalue weighted by atomic mass is 9.83. The number of para-hydroxylation sites is 1. The van der Waals surface area contributed by atoms with Crippen molar-refractivity contribution in [3.8, 4) is 29.2 Å². The topological polar surface area (TPSA) is 157 Å². The summed E-state index contributed by atoms with van der Waals surface area (Å²) in [5, 5.41) is 12.4. The molecule has 1 N–H and O–H groups in total. The van der Waals surface area contributed by atoms with Gasteiger partial charge in [-0.25, -0.2) is 18.2 Å². The number of aromatic nitrogens is 1. The van der Waals surface area contributed by atoms with Gasteiger partial charge in [-0.15, -0.1) is 0 Å². The molecular formula is C31H26N4O8S. The Balaban J connectivity index is 1.78. The predicted octanol–water partition coefficient (Wildman–Crippen LogP) is 4.14. The third kappa shape index (κ3) is 5.01. The van der Waals surface area contributed by atoms with E-state index in [0.29, 0.717) is 10.1 Å². The zero-order valence-electron chi connectivity index (χ0n) is 23.8. The van der Waals surface area contributed by atoms with E-state index in [1.807, 2.05) is 6.07 Å². The summed E-state index contributed by atoms with van der Waals surface area (Å²) in [7, 11) is -2.03. The molecule has 1 aliphatic rings. The van der Waals surface area contributed by atoms with Crippen molar-refractivity contribution in [2.75, 3.05) is 25.1 Å². The number of benzene rings is 3. The van der Waals surface area contributed by atoms with Gasteiger partial charge in [-0.05, 0) is 61.5 Å². The normalized spacial score (nSPS) is 15.6. The molecule has 13 heteroatoms. The summed E-state index contributed by atoms with van der Waals surface area (Å²) in [5.41, 5.74) is -2.27. The molecule has 4 aromatic rings. The van der Waals surface area contributed by atoms with E-state index in [9.17, 15) is 23.3 Å². The number of sulfonamides is 1. The fourth-order valence-corrected chi connectivity index (χ4v) is 6.54. The first kappa shape index (κ1) is 29.9. The zero-order valence-corrected chi connectivity index (χ0v) is 24.6. The number of nitrogens with zero attached hydrogens (tertiary/aromatic N) is 3. The second-order valence-electron chi connectivity index (χ2n) is 9.30. The molecule has 5 rings (SSSR count). The SMILES string of the molecule is CCOc1ncccc1[C@]1(NC(=O)Oc2ccccc2)C(=O)N(S(=O)(=O)c2ccc(OC)cc2OC)c2ccc(C#N)cc21. The summed E-state index contributed by atoms with van der Waals surface area (Å²) >= 11 is 0. The number of anilines is 1. The van der Waals surface area contributed by atoms with Crippen molar-refractivity contribution in [3.05, 3.63) is 102 Å². The Labute approximate surface area is 253 Å². The van der Waals surface area contributed by atoms with Crippen molar-refractivity contribution in [1.29, 1.82) is 5.26 Å². The number of nitriles is 1. The van der Waals surface area contributed by atoms with Crippen LogP contribution in [-0.4, -0.2) is 46.2 Å². The van der Waals surface area contributed by atoms with Gasteiger partial charge in [0.05, 0.1) is 43.7 Å². The number of ether oxygens (including phenoxy) is 4. The van der Waals surface area contributed by atoms with Gasteiger partial charge in [0.25, 0.3) is 15.9 Å². The zero-order chi connectivity index (χ0) is 31.5. The molecule has 0 aliphatic carbocycles. The van der Waals surface area contributed by atoms with Crippen molar-refractivity contribution in [3.63, 3.8) is 0 Å². The number of rotatable bonds is 9. The maximum atomic E-state index is 14.8. The van der Waals surface area contributed by atoms with Crippen molar-refractivity contribution in [2.24, 2.45) is 0 Å². The Morgan fingerprint density at radius 2 is 1.75 bits per heavy atom. The van der Waals surface area contributed by atoms with E-state index in [2.05, 4.69) is 10.3 Å². The van der Waals surface area contributed by atoms with Crippen LogP contribution in [0.1, 0.15) is 23.6 Å². The molecule has 1 aliphatic heterocycles. The predicted molar refractivity (Wildman–Crippen MR) is 157 cm³/mol. The highest BCUT2D eigenvalue weighted by Gasteiger charge is 2.59. The summed E-state index contributed by atoms with van der Waals surface area (Å²) in [4.78, 5) is 32.2. The standard InChI is InChI=1S/C31H26N4O8S/c1-4-42-28-23(11-8-16-33-28)31(34-30(37)43-21-9-6-5-7-10-21)24-17-20(19-32)12-14-25(24)35(29(31)36)44(38,39)27-15-13-22(40-2)18-26(27)41-3/h5-18H,4H2,1-3H3,(H,34,37)/t31-/m1/s1. The van der Waals surface area contributed by atoms with Gasteiger partial charge in [-0.3, -0.25) is 10.1 Å². The second kappa shape index (κ2) is 11.9. The molecule has 0 saturated heterocycles. The highest BCUT2D eigenvalue weighted by molar-refractivity contribution is 7.93. The van der Waals surface area contributed by atoms with Crippen molar-refractivity contribution < 1.29 is 37.0 Å². The minimum absolute atomic E-state index is 0.0171. The number of amides is 2. The average molecular weight is 615 g/mol. The highest BCUT2D eigenvalue weighted by atomic mass is 32.2. The molecule has 224 valence electrons. The third-order valence-electron chi connectivity index (χ3n) is 6.84. The molecule has 0 fully saturated rings. The van der Waals surface area contributed by atoms with Crippen LogP contribution >= 0.6 is 0 Å². The number of methoxy groups -OCH3 is 2. The van der Waals surface area contributed by atoms with Gasteiger partial charge in [0, 0.05) is 17.8 Å². The number of nitrogens with one attached hydrogen (secondary N) is 1. The van der Waals surface area contributed by atoms with Gasteiger partial charge >= 0.3 is 6.09 Å². The maximum absolute atomic E-state index is 14.8. The van der Waals surface area contributed by atoms with E-state index < -0.39 is 27.6 Å². The van der Waals surface area contributed by atoms with Crippen LogP contribution < -0.4 is 28.6 Å². The monoisotopic (exact) mass is 614 g/mol. The average Bonchev–Trinajstić information content (AvgIpc) is 3.28. The van der Waals surface area contributed by atoms with Crippen LogP contribution in [0.5, 0.6) is 23.1 Å². The third-order valence-corrected chi connectivity index (χ3v) is 8.58. The van der Waals surface area contributed by atoms with E-state index in [0.717, 1.165) is 0 Å². The quantitative estimate of drug-likeness (QED) is 0.291. The number of carbonyl (C=O) groups is 2. The van der Waals surface area contributed by atoms with Gasteiger partial charge in [0.1, 0.15) is 22.1 Å². The summed E-state index contributed by atoms with van der Waals surface area (Å²) in [5.74, 6) is -0.737. The maximum Gasteiger partial charge on any atom is 0.414 e. The fourth-order valence-electron chi connectivity index (χ4n) is 4.94. The van der Waals surface area contributed by atoms with Crippen LogP contribution in [0.25, 0.3) is 0 Å². The Morgan fingerprint density at radius 3 is 2.43 bits per heavy atom. The Morgan fingerprint density at radius 1 is 0.977 bits per heavy atom. The van der Waals surface area contributed by atoms with E-state index in [1.54, 1.807) is 25.1 Å². The van der Waals surface area contributed by atoms with Crippen molar-refractivity contribution >= 4 is 27.7 Å². The summed E-state index contributed by atoms with van der Waals surface area (Å²) in [6.07, 6.45) is 0.346. The second-order valence-corrected chi connectivity index (χ2v) is 11.1. The lowest BCUT2D eigenvalue weighted by Gasteiger charge is -2.30. The van der Waals surface area contributed by atoms with Crippen molar-refractivity contribution in [1.82, 2.24) is 10.3 Å². The molecule has 12 nitrogen and oxygen atoms in total. The molecule has 2 heterocycles. The minimum Gasteiger partial charge on any atom is -0.497 e. The lowest BCUT2D eigenvalue weighted by Crippen LogP contribution is -2.55. The van der Waals surface area contributed by atoms with Crippen LogP contribution in [-0.2, 0) is 20.4 Å². The molecule has 3 aromatic carbocycles. The minimum atomic E-state index is -4.72. The Hall–Kier alpha value is -5.61. The van der Waals surface area contributed by atoms with Crippen molar-refractivity contribution in [2.45, 2.75) is 17.4 Å². The van der Waals surface area contributed by atoms with E-state index >= 15 is 0 Å². The summed E-state index contributed by atoms with van der Waals surface area (Å²) in [6, 6.07) is 21.1. The number of fused-ring (bicyclic) bond motifs is 1. The molecule has 0 unspecified atom stereocenters. The van der Waals surface area contributed by atoms with E-state index in [1.165, 1.54) is 81.1 Å². The number of hydrogen-bond donors (Lipinski definition) is 1. The van der Waals surface area contributed by atoms with Crippen LogP contribution in [0, 0.1) is 11.3 Å². The smallest absolute Gasteiger partial charge is 0.414 e. The first-order valence-electron chi connectivity index (χ1n) is 13.2. The van der Waals surface area contributed by atoms with Gasteiger partial charge in [-0.2, -0.15) is 9.57 Å². The first-order valence-corrected chi connectivity index (χ1v) is 14.6. The molecule has 0 saturated carbocycles. The fraction of sp³-hybridized carbons (Fsp3) is 0.161. The number of carbonyl (C=O) groups excluding carboxylic acids is 2. The van der Waals surface area contributed by atoms with Gasteiger partial charge in [0.2, 0.25) is 5.88 Å². The van der Waals surface area contributed by atoms with Gasteiger partial charge in [0.15, 0.2) is 5.54 Å². The van der Waals surface area contributed by atoms with Crippen LogP contribution in [0.2, 0.25) is 0 Å². The molecule has 0 bridgehead atoms. The molecule has 1 aromatic heterocycles. The largest absolute Gasteiger partial charge is 0.497 e. The summed E-state index contributed by atoms with van der Waals surface area (Å²) < 4.78 is 51.1. The molecule has 0 spiro atoms.